The summed E-state index contributed by atoms with van der Waals surface area (Å²) in [5.41, 5.74) is 0. The number of aromatic nitrogens is 2. The molecule has 1 saturated heterocycles. The molecule has 0 radical (unpaired) electrons. The van der Waals surface area contributed by atoms with Crippen LogP contribution in [0.2, 0.25) is 0 Å². The number of piperidine rings is 1. The van der Waals surface area contributed by atoms with E-state index < -0.39 is 0 Å². The minimum Gasteiger partial charge on any atom is -0.464 e. The number of hydrogen-bond acceptors (Lipinski definition) is 6. The summed E-state index contributed by atoms with van der Waals surface area (Å²) in [6.45, 7) is 5.25. The molecule has 1 aromatic heterocycles. The van der Waals surface area contributed by atoms with Crippen LogP contribution in [0.1, 0.15) is 45.4 Å². The summed E-state index contributed by atoms with van der Waals surface area (Å²) in [6.07, 6.45) is 4.95. The Morgan fingerprint density at radius 1 is 1.47 bits per heavy atom. The van der Waals surface area contributed by atoms with Crippen LogP contribution in [0.3, 0.4) is 0 Å². The van der Waals surface area contributed by atoms with Crippen molar-refractivity contribution in [3.05, 3.63) is 5.82 Å². The molecule has 1 atom stereocenters. The Kier molecular flexibility index (Phi) is 5.13. The molecule has 0 aromatic carbocycles. The molecule has 2 heterocycles. The third kappa shape index (κ3) is 3.43. The largest absolute Gasteiger partial charge is 0.464 e. The van der Waals surface area contributed by atoms with E-state index in [-0.39, 0.29) is 12.0 Å². The molecule has 19 heavy (non-hydrogen) atoms. The van der Waals surface area contributed by atoms with E-state index >= 15 is 0 Å². The Balaban J connectivity index is 2.11. The van der Waals surface area contributed by atoms with Crippen molar-refractivity contribution in [3.63, 3.8) is 0 Å². The standard InChI is InChI=1S/C13H21N3O2S/c1-3-7-11-14-13(19-15-11)16-9-6-5-8-10(16)12(17)18-4-2/h10H,3-9H2,1-2H3. The van der Waals surface area contributed by atoms with Gasteiger partial charge in [-0.15, -0.1) is 0 Å². The number of nitrogens with zero attached hydrogens (tertiary/aromatic N) is 3. The fraction of sp³-hybridized carbons (Fsp3) is 0.769. The van der Waals surface area contributed by atoms with Gasteiger partial charge in [-0.25, -0.2) is 9.78 Å². The van der Waals surface area contributed by atoms with Crippen molar-refractivity contribution < 1.29 is 9.53 Å². The van der Waals surface area contributed by atoms with E-state index in [0.29, 0.717) is 6.61 Å². The van der Waals surface area contributed by atoms with Gasteiger partial charge in [-0.1, -0.05) is 6.92 Å². The Hall–Kier alpha value is -1.17. The Morgan fingerprint density at radius 2 is 2.32 bits per heavy atom. The van der Waals surface area contributed by atoms with E-state index in [0.717, 1.165) is 49.6 Å². The van der Waals surface area contributed by atoms with Crippen LogP contribution in [0.4, 0.5) is 5.13 Å². The van der Waals surface area contributed by atoms with Crippen molar-refractivity contribution >= 4 is 22.6 Å². The van der Waals surface area contributed by atoms with Crippen LogP contribution in [0, 0.1) is 0 Å². The zero-order valence-corrected chi connectivity index (χ0v) is 12.4. The lowest BCUT2D eigenvalue weighted by molar-refractivity contribution is -0.145. The van der Waals surface area contributed by atoms with Crippen LogP contribution in [0.15, 0.2) is 0 Å². The highest BCUT2D eigenvalue weighted by molar-refractivity contribution is 7.09. The summed E-state index contributed by atoms with van der Waals surface area (Å²) in [7, 11) is 0. The summed E-state index contributed by atoms with van der Waals surface area (Å²) in [6, 6.07) is -0.184. The van der Waals surface area contributed by atoms with Gasteiger partial charge in [0.15, 0.2) is 0 Å². The number of anilines is 1. The zero-order chi connectivity index (χ0) is 13.7. The first-order chi connectivity index (χ1) is 9.26. The predicted molar refractivity (Wildman–Crippen MR) is 75.5 cm³/mol. The van der Waals surface area contributed by atoms with Gasteiger partial charge in [0.2, 0.25) is 5.13 Å². The summed E-state index contributed by atoms with van der Waals surface area (Å²) in [5, 5.41) is 0.862. The molecule has 2 rings (SSSR count). The third-order valence-corrected chi connectivity index (χ3v) is 4.03. The topological polar surface area (TPSA) is 55.3 Å². The van der Waals surface area contributed by atoms with Crippen molar-refractivity contribution in [1.29, 1.82) is 0 Å². The van der Waals surface area contributed by atoms with Gasteiger partial charge in [0.05, 0.1) is 6.61 Å². The SMILES string of the molecule is CCCc1nsc(N2CCCCC2C(=O)OCC)n1. The summed E-state index contributed by atoms with van der Waals surface area (Å²) in [5.74, 6) is 0.755. The maximum absolute atomic E-state index is 12.0. The maximum atomic E-state index is 12.0. The minimum absolute atomic E-state index is 0.130. The van der Waals surface area contributed by atoms with Crippen LogP contribution in [0.25, 0.3) is 0 Å². The molecule has 1 aliphatic heterocycles. The highest BCUT2D eigenvalue weighted by Crippen LogP contribution is 2.27. The summed E-state index contributed by atoms with van der Waals surface area (Å²) in [4.78, 5) is 18.6. The molecule has 6 heteroatoms. The van der Waals surface area contributed by atoms with Crippen molar-refractivity contribution in [3.8, 4) is 0 Å². The van der Waals surface area contributed by atoms with Gasteiger partial charge >= 0.3 is 5.97 Å². The molecule has 0 saturated carbocycles. The summed E-state index contributed by atoms with van der Waals surface area (Å²) < 4.78 is 9.52. The number of hydrogen-bond donors (Lipinski definition) is 0. The lowest BCUT2D eigenvalue weighted by Gasteiger charge is -2.33. The molecule has 1 aliphatic rings. The van der Waals surface area contributed by atoms with Gasteiger partial charge in [-0.2, -0.15) is 4.37 Å². The molecule has 0 amide bonds. The Bertz CT molecular complexity index is 422. The third-order valence-electron chi connectivity index (χ3n) is 3.24. The molecule has 0 bridgehead atoms. The van der Waals surface area contributed by atoms with Crippen LogP contribution < -0.4 is 4.90 Å². The average Bonchev–Trinajstić information content (AvgIpc) is 2.88. The van der Waals surface area contributed by atoms with Crippen molar-refractivity contribution in [2.75, 3.05) is 18.1 Å². The Morgan fingerprint density at radius 3 is 3.05 bits per heavy atom. The number of ether oxygens (including phenoxy) is 1. The molecule has 0 N–H and O–H groups in total. The zero-order valence-electron chi connectivity index (χ0n) is 11.6. The fourth-order valence-electron chi connectivity index (χ4n) is 2.33. The lowest BCUT2D eigenvalue weighted by Crippen LogP contribution is -2.45. The summed E-state index contributed by atoms with van der Waals surface area (Å²) >= 11 is 1.39. The fourth-order valence-corrected chi connectivity index (χ4v) is 3.12. The average molecular weight is 283 g/mol. The highest BCUT2D eigenvalue weighted by Gasteiger charge is 2.31. The van der Waals surface area contributed by atoms with Crippen LogP contribution >= 0.6 is 11.5 Å². The first-order valence-corrected chi connectivity index (χ1v) is 7.79. The minimum atomic E-state index is -0.184. The molecule has 106 valence electrons. The Labute approximate surface area is 118 Å². The molecular formula is C13H21N3O2S. The van der Waals surface area contributed by atoms with E-state index in [1.165, 1.54) is 11.5 Å². The second-order valence-corrected chi connectivity index (χ2v) is 5.43. The normalized spacial score (nSPS) is 19.5. The van der Waals surface area contributed by atoms with Crippen LogP contribution in [-0.4, -0.2) is 34.5 Å². The van der Waals surface area contributed by atoms with Crippen LogP contribution in [0.5, 0.6) is 0 Å². The van der Waals surface area contributed by atoms with Gasteiger partial charge < -0.3 is 9.64 Å². The number of rotatable bonds is 5. The van der Waals surface area contributed by atoms with Crippen LogP contribution in [-0.2, 0) is 16.0 Å². The molecule has 1 unspecified atom stereocenters. The van der Waals surface area contributed by atoms with Crippen molar-refractivity contribution in [1.82, 2.24) is 9.36 Å². The molecule has 1 fully saturated rings. The first kappa shape index (κ1) is 14.2. The van der Waals surface area contributed by atoms with Crippen molar-refractivity contribution in [2.45, 2.75) is 52.0 Å². The number of esters is 1. The van der Waals surface area contributed by atoms with E-state index in [1.54, 1.807) is 0 Å². The second-order valence-electron chi connectivity index (χ2n) is 4.70. The first-order valence-electron chi connectivity index (χ1n) is 7.02. The molecule has 0 spiro atoms. The number of carbonyl (C=O) groups is 1. The smallest absolute Gasteiger partial charge is 0.328 e. The van der Waals surface area contributed by atoms with E-state index in [1.807, 2.05) is 6.92 Å². The highest BCUT2D eigenvalue weighted by atomic mass is 32.1. The number of carbonyl (C=O) groups excluding carboxylic acids is 1. The molecule has 1 aromatic rings. The number of aryl methyl sites for hydroxylation is 1. The molecular weight excluding hydrogens is 262 g/mol. The van der Waals surface area contributed by atoms with Crippen molar-refractivity contribution in [2.24, 2.45) is 0 Å². The molecule has 0 aliphatic carbocycles. The van der Waals surface area contributed by atoms with Gasteiger partial charge in [0.1, 0.15) is 11.9 Å². The van der Waals surface area contributed by atoms with Gasteiger partial charge in [-0.3, -0.25) is 0 Å². The van der Waals surface area contributed by atoms with E-state index in [2.05, 4.69) is 21.2 Å². The monoisotopic (exact) mass is 283 g/mol. The second kappa shape index (κ2) is 6.84. The van der Waals surface area contributed by atoms with Gasteiger partial charge in [-0.05, 0) is 32.6 Å². The maximum Gasteiger partial charge on any atom is 0.328 e. The van der Waals surface area contributed by atoms with Gasteiger partial charge in [0, 0.05) is 24.5 Å². The van der Waals surface area contributed by atoms with Gasteiger partial charge in [0.25, 0.3) is 0 Å². The quantitative estimate of drug-likeness (QED) is 0.777. The van der Waals surface area contributed by atoms with E-state index in [4.69, 9.17) is 4.74 Å². The lowest BCUT2D eigenvalue weighted by atomic mass is 10.0. The predicted octanol–water partition coefficient (Wildman–Crippen LogP) is 2.41. The van der Waals surface area contributed by atoms with E-state index in [9.17, 15) is 4.79 Å². The molecule has 5 nitrogen and oxygen atoms in total.